The Hall–Kier alpha value is -2.91. The number of anilines is 2. The van der Waals surface area contributed by atoms with Gasteiger partial charge in [0.05, 0.1) is 12.5 Å². The largest absolute Gasteiger partial charge is 0.493 e. The second-order valence-electron chi connectivity index (χ2n) is 7.97. The molecule has 3 aromatic rings. The van der Waals surface area contributed by atoms with Crippen molar-refractivity contribution < 1.29 is 9.47 Å². The lowest BCUT2D eigenvalue weighted by molar-refractivity contribution is 0.0599. The van der Waals surface area contributed by atoms with Gasteiger partial charge >= 0.3 is 0 Å². The van der Waals surface area contributed by atoms with Crippen molar-refractivity contribution in [2.24, 2.45) is 0 Å². The molecule has 0 radical (unpaired) electrons. The maximum Gasteiger partial charge on any atom is 0.216 e. The van der Waals surface area contributed by atoms with Crippen LogP contribution in [0.1, 0.15) is 25.0 Å². The monoisotopic (exact) mass is 403 g/mol. The molecule has 1 spiro atoms. The summed E-state index contributed by atoms with van der Waals surface area (Å²) in [6, 6.07) is 22.6. The number of rotatable bonds is 2. The van der Waals surface area contributed by atoms with Gasteiger partial charge in [-0.3, -0.25) is 4.90 Å². The van der Waals surface area contributed by atoms with Gasteiger partial charge in [0.1, 0.15) is 0 Å². The van der Waals surface area contributed by atoms with Crippen molar-refractivity contribution in [3.63, 3.8) is 0 Å². The van der Waals surface area contributed by atoms with Gasteiger partial charge in [-0.1, -0.05) is 48.0 Å². The zero-order valence-corrected chi connectivity index (χ0v) is 17.4. The van der Waals surface area contributed by atoms with E-state index in [2.05, 4.69) is 79.4 Å². The molecule has 0 N–H and O–H groups in total. The van der Waals surface area contributed by atoms with Crippen LogP contribution in [0.2, 0.25) is 5.02 Å². The highest BCUT2D eigenvalue weighted by Crippen LogP contribution is 2.58. The lowest BCUT2D eigenvalue weighted by Crippen LogP contribution is -2.57. The number of halogens is 1. The number of methoxy groups -OCH3 is 1. The summed E-state index contributed by atoms with van der Waals surface area (Å²) in [4.78, 5) is 2.29. The van der Waals surface area contributed by atoms with E-state index in [1.807, 2.05) is 12.1 Å². The van der Waals surface area contributed by atoms with E-state index >= 15 is 0 Å². The summed E-state index contributed by atoms with van der Waals surface area (Å²) >= 11 is 6.29. The first kappa shape index (κ1) is 18.1. The Labute approximate surface area is 176 Å². The molecule has 1 atom stereocenters. The average Bonchev–Trinajstić information content (AvgIpc) is 2.92. The zero-order chi connectivity index (χ0) is 20.2. The fraction of sp³-hybridized carbons (Fsp3) is 0.200. The lowest BCUT2D eigenvalue weighted by Gasteiger charge is -2.47. The minimum absolute atomic E-state index is 0.321. The quantitative estimate of drug-likeness (QED) is 0.482. The van der Waals surface area contributed by atoms with Crippen LogP contribution >= 0.6 is 11.6 Å². The molecule has 3 aromatic carbocycles. The van der Waals surface area contributed by atoms with Gasteiger partial charge in [-0.2, -0.15) is 0 Å². The van der Waals surface area contributed by atoms with E-state index in [9.17, 15) is 0 Å². The van der Waals surface area contributed by atoms with Crippen molar-refractivity contribution in [1.29, 1.82) is 0 Å². The van der Waals surface area contributed by atoms with Crippen molar-refractivity contribution in [2.75, 3.05) is 12.0 Å². The van der Waals surface area contributed by atoms with Crippen LogP contribution in [-0.4, -0.2) is 12.8 Å². The van der Waals surface area contributed by atoms with Crippen LogP contribution < -0.4 is 14.4 Å². The predicted octanol–water partition coefficient (Wildman–Crippen LogP) is 6.58. The van der Waals surface area contributed by atoms with E-state index in [0.29, 0.717) is 16.5 Å². The summed E-state index contributed by atoms with van der Waals surface area (Å²) in [5.74, 6) is 1.34. The lowest BCUT2D eigenvalue weighted by atomic mass is 9.76. The van der Waals surface area contributed by atoms with Crippen molar-refractivity contribution in [1.82, 2.24) is 0 Å². The van der Waals surface area contributed by atoms with Gasteiger partial charge in [0.25, 0.3) is 0 Å². The number of para-hydroxylation sites is 2. The molecule has 0 saturated heterocycles. The molecule has 2 heterocycles. The molecule has 5 rings (SSSR count). The van der Waals surface area contributed by atoms with E-state index in [0.717, 1.165) is 16.9 Å². The van der Waals surface area contributed by atoms with Crippen LogP contribution in [0, 0.1) is 0 Å². The highest BCUT2D eigenvalue weighted by atomic mass is 35.5. The molecule has 3 nitrogen and oxygen atoms in total. The van der Waals surface area contributed by atoms with Crippen LogP contribution in [0.25, 0.3) is 6.08 Å². The molecular formula is C25H22ClNO2. The zero-order valence-electron chi connectivity index (χ0n) is 16.6. The Balaban J connectivity index is 1.78. The Morgan fingerprint density at radius 3 is 2.45 bits per heavy atom. The number of nitrogens with zero attached hydrogens (tertiary/aromatic N) is 1. The van der Waals surface area contributed by atoms with Gasteiger partial charge in [-0.05, 0) is 55.8 Å². The highest BCUT2D eigenvalue weighted by molar-refractivity contribution is 6.31. The molecule has 2 aliphatic rings. The van der Waals surface area contributed by atoms with Crippen LogP contribution in [0.5, 0.6) is 11.5 Å². The van der Waals surface area contributed by atoms with Gasteiger partial charge in [-0.25, -0.2) is 0 Å². The number of hydrogen-bond acceptors (Lipinski definition) is 3. The van der Waals surface area contributed by atoms with Gasteiger partial charge in [0.15, 0.2) is 11.5 Å². The van der Waals surface area contributed by atoms with Gasteiger partial charge in [-0.15, -0.1) is 0 Å². The smallest absolute Gasteiger partial charge is 0.216 e. The Morgan fingerprint density at radius 2 is 1.69 bits per heavy atom. The van der Waals surface area contributed by atoms with Crippen molar-refractivity contribution in [3.8, 4) is 11.5 Å². The maximum absolute atomic E-state index is 6.88. The number of benzene rings is 3. The summed E-state index contributed by atoms with van der Waals surface area (Å²) in [6.07, 6.45) is 4.24. The van der Waals surface area contributed by atoms with Crippen molar-refractivity contribution in [3.05, 3.63) is 89.0 Å². The van der Waals surface area contributed by atoms with E-state index in [-0.39, 0.29) is 5.41 Å². The van der Waals surface area contributed by atoms with E-state index < -0.39 is 5.72 Å². The SMILES string of the molecule is COc1cc(Cl)cc2c1OC1(C=C2)N(c2ccccc2)c2ccccc2C1(C)C. The molecule has 146 valence electrons. The first-order valence-electron chi connectivity index (χ1n) is 9.68. The number of hydrogen-bond donors (Lipinski definition) is 0. The third kappa shape index (κ3) is 2.44. The second-order valence-corrected chi connectivity index (χ2v) is 8.41. The van der Waals surface area contributed by atoms with Crippen LogP contribution in [0.4, 0.5) is 11.4 Å². The molecule has 0 aliphatic carbocycles. The van der Waals surface area contributed by atoms with E-state index in [4.69, 9.17) is 21.1 Å². The van der Waals surface area contributed by atoms with Crippen LogP contribution in [-0.2, 0) is 5.41 Å². The maximum atomic E-state index is 6.88. The van der Waals surface area contributed by atoms with Crippen LogP contribution in [0.3, 0.4) is 0 Å². The van der Waals surface area contributed by atoms with Gasteiger partial charge in [0, 0.05) is 28.0 Å². The third-order valence-corrected chi connectivity index (χ3v) is 6.29. The van der Waals surface area contributed by atoms with Gasteiger partial charge in [0.2, 0.25) is 5.72 Å². The first-order chi connectivity index (χ1) is 14.0. The molecule has 29 heavy (non-hydrogen) atoms. The summed E-state index contributed by atoms with van der Waals surface area (Å²) in [5.41, 5.74) is 3.31. The topological polar surface area (TPSA) is 21.7 Å². The second kappa shape index (κ2) is 6.30. The molecular weight excluding hydrogens is 382 g/mol. The molecule has 0 amide bonds. The fourth-order valence-corrected chi connectivity index (χ4v) is 4.80. The fourth-order valence-electron chi connectivity index (χ4n) is 4.58. The Kier molecular flexibility index (Phi) is 3.94. The van der Waals surface area contributed by atoms with E-state index in [1.54, 1.807) is 13.2 Å². The summed E-state index contributed by atoms with van der Waals surface area (Å²) in [5, 5.41) is 0.624. The Bertz CT molecular complexity index is 1120. The third-order valence-electron chi connectivity index (χ3n) is 6.08. The average molecular weight is 404 g/mol. The summed E-state index contributed by atoms with van der Waals surface area (Å²) < 4.78 is 12.5. The highest BCUT2D eigenvalue weighted by Gasteiger charge is 2.59. The molecule has 0 bridgehead atoms. The van der Waals surface area contributed by atoms with Crippen molar-refractivity contribution in [2.45, 2.75) is 25.0 Å². The first-order valence-corrected chi connectivity index (χ1v) is 10.1. The van der Waals surface area contributed by atoms with E-state index in [1.165, 1.54) is 5.56 Å². The van der Waals surface area contributed by atoms with Crippen molar-refractivity contribution >= 4 is 29.1 Å². The summed E-state index contributed by atoms with van der Waals surface area (Å²) in [7, 11) is 1.64. The minimum Gasteiger partial charge on any atom is -0.493 e. The molecule has 1 unspecified atom stereocenters. The molecule has 0 fully saturated rings. The Morgan fingerprint density at radius 1 is 0.966 bits per heavy atom. The normalized spacial score (nSPS) is 20.9. The molecule has 0 saturated carbocycles. The molecule has 0 aromatic heterocycles. The molecule has 4 heteroatoms. The van der Waals surface area contributed by atoms with Gasteiger partial charge < -0.3 is 9.47 Å². The standard InChI is InChI=1S/C25H22ClNO2/c1-24(2)20-11-7-8-12-21(20)27(19-9-5-4-6-10-19)25(24)14-13-17-15-18(26)16-22(28-3)23(17)29-25/h4-16H,1-3H3. The number of ether oxygens (including phenoxy) is 2. The molecule has 2 aliphatic heterocycles. The predicted molar refractivity (Wildman–Crippen MR) is 118 cm³/mol. The minimum atomic E-state index is -0.744. The number of fused-ring (bicyclic) bond motifs is 2. The van der Waals surface area contributed by atoms with Crippen LogP contribution in [0.15, 0.2) is 72.8 Å². The summed E-state index contributed by atoms with van der Waals surface area (Å²) in [6.45, 7) is 4.46.